The maximum absolute atomic E-state index is 12.8. The van der Waals surface area contributed by atoms with Crippen LogP contribution in [0.5, 0.6) is 0 Å². The molecule has 0 saturated heterocycles. The number of hydrogen-bond donors (Lipinski definition) is 1. The molecule has 1 aromatic carbocycles. The van der Waals surface area contributed by atoms with Crippen molar-refractivity contribution < 1.29 is 8.91 Å². The van der Waals surface area contributed by atoms with Crippen LogP contribution >= 0.6 is 11.8 Å². The standard InChI is InChI=1S/C13H16FN3OS/c1-9(15-2)7-12-16-13(18-17-12)8-19-11-5-3-10(14)4-6-11/h3-6,9,15H,7-8H2,1-2H3. The summed E-state index contributed by atoms with van der Waals surface area (Å²) in [4.78, 5) is 5.29. The first-order valence-corrected chi connectivity index (χ1v) is 7.03. The minimum Gasteiger partial charge on any atom is -0.338 e. The van der Waals surface area contributed by atoms with E-state index in [4.69, 9.17) is 4.52 Å². The van der Waals surface area contributed by atoms with Crippen molar-refractivity contribution in [2.45, 2.75) is 30.0 Å². The second-order valence-electron chi connectivity index (χ2n) is 4.24. The van der Waals surface area contributed by atoms with E-state index < -0.39 is 0 Å². The average Bonchev–Trinajstić information content (AvgIpc) is 2.85. The quantitative estimate of drug-likeness (QED) is 0.825. The minimum atomic E-state index is -0.231. The number of rotatable bonds is 6. The van der Waals surface area contributed by atoms with E-state index in [-0.39, 0.29) is 5.82 Å². The van der Waals surface area contributed by atoms with Gasteiger partial charge in [-0.1, -0.05) is 5.16 Å². The third kappa shape index (κ3) is 4.33. The van der Waals surface area contributed by atoms with Gasteiger partial charge < -0.3 is 9.84 Å². The van der Waals surface area contributed by atoms with Gasteiger partial charge in [-0.05, 0) is 38.2 Å². The summed E-state index contributed by atoms with van der Waals surface area (Å²) in [6.07, 6.45) is 0.737. The average molecular weight is 281 g/mol. The summed E-state index contributed by atoms with van der Waals surface area (Å²) >= 11 is 1.54. The molecule has 0 fully saturated rings. The molecule has 0 amide bonds. The van der Waals surface area contributed by atoms with Gasteiger partial charge in [0.05, 0.1) is 5.75 Å². The predicted octanol–water partition coefficient (Wildman–Crippen LogP) is 2.65. The van der Waals surface area contributed by atoms with Gasteiger partial charge in [0.15, 0.2) is 5.82 Å². The fraction of sp³-hybridized carbons (Fsp3) is 0.385. The number of thioether (sulfide) groups is 1. The molecule has 0 spiro atoms. The zero-order valence-corrected chi connectivity index (χ0v) is 11.7. The number of nitrogens with zero attached hydrogens (tertiary/aromatic N) is 2. The number of nitrogens with one attached hydrogen (secondary N) is 1. The molecule has 102 valence electrons. The summed E-state index contributed by atoms with van der Waals surface area (Å²) in [7, 11) is 1.90. The highest BCUT2D eigenvalue weighted by atomic mass is 32.2. The lowest BCUT2D eigenvalue weighted by Gasteiger charge is -2.04. The monoisotopic (exact) mass is 281 g/mol. The van der Waals surface area contributed by atoms with Crippen LogP contribution in [-0.2, 0) is 12.2 Å². The van der Waals surface area contributed by atoms with Crippen molar-refractivity contribution >= 4 is 11.8 Å². The van der Waals surface area contributed by atoms with Crippen LogP contribution in [0.3, 0.4) is 0 Å². The van der Waals surface area contributed by atoms with Gasteiger partial charge in [0.1, 0.15) is 5.82 Å². The molecule has 2 rings (SSSR count). The fourth-order valence-corrected chi connectivity index (χ4v) is 2.22. The third-order valence-electron chi connectivity index (χ3n) is 2.67. The molecule has 1 N–H and O–H groups in total. The predicted molar refractivity (Wildman–Crippen MR) is 72.5 cm³/mol. The summed E-state index contributed by atoms with van der Waals surface area (Å²) < 4.78 is 17.9. The molecule has 0 aliphatic heterocycles. The topological polar surface area (TPSA) is 51.0 Å². The maximum atomic E-state index is 12.8. The van der Waals surface area contributed by atoms with Crippen LogP contribution in [-0.4, -0.2) is 23.2 Å². The molecule has 1 heterocycles. The number of likely N-dealkylation sites (N-methyl/N-ethyl adjacent to an activating group) is 1. The molecule has 1 atom stereocenters. The normalized spacial score (nSPS) is 12.6. The fourth-order valence-electron chi connectivity index (χ4n) is 1.48. The van der Waals surface area contributed by atoms with Gasteiger partial charge in [-0.2, -0.15) is 4.98 Å². The summed E-state index contributed by atoms with van der Waals surface area (Å²) in [6, 6.07) is 6.67. The van der Waals surface area contributed by atoms with Gasteiger partial charge in [-0.3, -0.25) is 0 Å². The van der Waals surface area contributed by atoms with E-state index in [1.807, 2.05) is 7.05 Å². The molecule has 19 heavy (non-hydrogen) atoms. The highest BCUT2D eigenvalue weighted by Crippen LogP contribution is 2.22. The Hall–Kier alpha value is -1.40. The Kier molecular flexibility index (Phi) is 4.93. The summed E-state index contributed by atoms with van der Waals surface area (Å²) in [6.45, 7) is 2.06. The van der Waals surface area contributed by atoms with E-state index in [0.717, 1.165) is 11.3 Å². The first-order chi connectivity index (χ1) is 9.17. The molecule has 4 nitrogen and oxygen atoms in total. The SMILES string of the molecule is CNC(C)Cc1noc(CSc2ccc(F)cc2)n1. The van der Waals surface area contributed by atoms with E-state index in [9.17, 15) is 4.39 Å². The molecular formula is C13H16FN3OS. The molecule has 0 radical (unpaired) electrons. The highest BCUT2D eigenvalue weighted by molar-refractivity contribution is 7.98. The second kappa shape index (κ2) is 6.68. The van der Waals surface area contributed by atoms with Crippen molar-refractivity contribution in [3.63, 3.8) is 0 Å². The van der Waals surface area contributed by atoms with Gasteiger partial charge in [0.2, 0.25) is 5.89 Å². The van der Waals surface area contributed by atoms with Crippen LogP contribution in [0.15, 0.2) is 33.7 Å². The van der Waals surface area contributed by atoms with Crippen LogP contribution in [0, 0.1) is 5.82 Å². The summed E-state index contributed by atoms with van der Waals surface area (Å²) in [5.41, 5.74) is 0. The highest BCUT2D eigenvalue weighted by Gasteiger charge is 2.09. The Morgan fingerprint density at radius 1 is 1.37 bits per heavy atom. The van der Waals surface area contributed by atoms with E-state index in [1.165, 1.54) is 12.1 Å². The van der Waals surface area contributed by atoms with Crippen LogP contribution in [0.2, 0.25) is 0 Å². The number of aromatic nitrogens is 2. The molecule has 0 saturated carbocycles. The molecule has 0 bridgehead atoms. The van der Waals surface area contributed by atoms with Crippen molar-refractivity contribution in [1.29, 1.82) is 0 Å². The smallest absolute Gasteiger partial charge is 0.237 e. The van der Waals surface area contributed by atoms with Crippen LogP contribution in [0.1, 0.15) is 18.6 Å². The maximum Gasteiger partial charge on any atom is 0.237 e. The molecule has 0 aliphatic carbocycles. The van der Waals surface area contributed by atoms with Gasteiger partial charge in [0.25, 0.3) is 0 Å². The van der Waals surface area contributed by atoms with Crippen molar-refractivity contribution in [3.8, 4) is 0 Å². The molecule has 0 aliphatic rings. The first-order valence-electron chi connectivity index (χ1n) is 6.04. The van der Waals surface area contributed by atoms with Crippen molar-refractivity contribution in [3.05, 3.63) is 41.8 Å². The van der Waals surface area contributed by atoms with E-state index in [1.54, 1.807) is 23.9 Å². The molecule has 2 aromatic rings. The third-order valence-corrected chi connectivity index (χ3v) is 3.66. The number of halogens is 1. The lowest BCUT2D eigenvalue weighted by molar-refractivity contribution is 0.382. The van der Waals surface area contributed by atoms with Crippen LogP contribution in [0.4, 0.5) is 4.39 Å². The lowest BCUT2D eigenvalue weighted by Crippen LogP contribution is -2.24. The van der Waals surface area contributed by atoms with E-state index in [2.05, 4.69) is 22.4 Å². The van der Waals surface area contributed by atoms with Crippen molar-refractivity contribution in [2.24, 2.45) is 0 Å². The minimum absolute atomic E-state index is 0.231. The first kappa shape index (κ1) is 14.0. The Bertz CT molecular complexity index is 515. The zero-order valence-electron chi connectivity index (χ0n) is 10.9. The van der Waals surface area contributed by atoms with Gasteiger partial charge in [0, 0.05) is 17.4 Å². The van der Waals surface area contributed by atoms with Gasteiger partial charge in [-0.25, -0.2) is 4.39 Å². The van der Waals surface area contributed by atoms with E-state index in [0.29, 0.717) is 23.5 Å². The Labute approximate surface area is 115 Å². The second-order valence-corrected chi connectivity index (χ2v) is 5.29. The number of benzene rings is 1. The Morgan fingerprint density at radius 2 is 2.11 bits per heavy atom. The Balaban J connectivity index is 1.88. The largest absolute Gasteiger partial charge is 0.338 e. The van der Waals surface area contributed by atoms with Crippen LogP contribution in [0.25, 0.3) is 0 Å². The zero-order chi connectivity index (χ0) is 13.7. The molecule has 1 unspecified atom stereocenters. The molecule has 1 aromatic heterocycles. The molecular weight excluding hydrogens is 265 g/mol. The van der Waals surface area contributed by atoms with Crippen LogP contribution < -0.4 is 5.32 Å². The van der Waals surface area contributed by atoms with Gasteiger partial charge >= 0.3 is 0 Å². The lowest BCUT2D eigenvalue weighted by atomic mass is 10.2. The van der Waals surface area contributed by atoms with Gasteiger partial charge in [-0.15, -0.1) is 11.8 Å². The Morgan fingerprint density at radius 3 is 2.79 bits per heavy atom. The number of hydrogen-bond acceptors (Lipinski definition) is 5. The van der Waals surface area contributed by atoms with E-state index >= 15 is 0 Å². The van der Waals surface area contributed by atoms with Crippen molar-refractivity contribution in [1.82, 2.24) is 15.5 Å². The van der Waals surface area contributed by atoms with Crippen molar-refractivity contribution in [2.75, 3.05) is 7.05 Å². The molecule has 6 heteroatoms. The summed E-state index contributed by atoms with van der Waals surface area (Å²) in [5.74, 6) is 1.65. The summed E-state index contributed by atoms with van der Waals surface area (Å²) in [5, 5.41) is 7.05.